The minimum atomic E-state index is -0.718. The zero-order valence-corrected chi connectivity index (χ0v) is 11.0. The maximum atomic E-state index is 11.9. The molecule has 2 aromatic carbocycles. The Labute approximate surface area is 116 Å². The van der Waals surface area contributed by atoms with Crippen LogP contribution in [0.15, 0.2) is 54.6 Å². The first-order chi connectivity index (χ1) is 9.16. The van der Waals surface area contributed by atoms with E-state index >= 15 is 0 Å². The van der Waals surface area contributed by atoms with Crippen molar-refractivity contribution in [2.24, 2.45) is 0 Å². The molecular formula is C15H14ClNO2. The molecule has 0 aliphatic rings. The van der Waals surface area contributed by atoms with Crippen molar-refractivity contribution in [1.82, 2.24) is 5.32 Å². The molecule has 2 rings (SSSR count). The fourth-order valence-electron chi connectivity index (χ4n) is 1.71. The third-order valence-corrected chi connectivity index (χ3v) is 2.96. The lowest BCUT2D eigenvalue weighted by Crippen LogP contribution is -2.28. The minimum Gasteiger partial charge on any atom is -0.387 e. The zero-order chi connectivity index (χ0) is 13.7. The Hall–Kier alpha value is -1.84. The predicted molar refractivity (Wildman–Crippen MR) is 75.2 cm³/mol. The van der Waals surface area contributed by atoms with Gasteiger partial charge in [-0.25, -0.2) is 0 Å². The van der Waals surface area contributed by atoms with Gasteiger partial charge in [0.1, 0.15) is 0 Å². The van der Waals surface area contributed by atoms with E-state index in [-0.39, 0.29) is 12.5 Å². The summed E-state index contributed by atoms with van der Waals surface area (Å²) in [5.41, 5.74) is 1.25. The van der Waals surface area contributed by atoms with Gasteiger partial charge < -0.3 is 10.4 Å². The van der Waals surface area contributed by atoms with E-state index in [0.717, 1.165) is 5.56 Å². The molecule has 2 N–H and O–H groups in total. The summed E-state index contributed by atoms with van der Waals surface area (Å²) in [4.78, 5) is 11.9. The monoisotopic (exact) mass is 275 g/mol. The molecule has 0 fully saturated rings. The van der Waals surface area contributed by atoms with Crippen LogP contribution in [0, 0.1) is 0 Å². The van der Waals surface area contributed by atoms with Crippen molar-refractivity contribution in [3.8, 4) is 0 Å². The van der Waals surface area contributed by atoms with Crippen LogP contribution in [-0.2, 0) is 0 Å². The molecule has 0 aliphatic carbocycles. The van der Waals surface area contributed by atoms with Gasteiger partial charge in [0.15, 0.2) is 0 Å². The molecule has 0 unspecified atom stereocenters. The van der Waals surface area contributed by atoms with E-state index in [1.54, 1.807) is 24.3 Å². The summed E-state index contributed by atoms with van der Waals surface area (Å²) in [6.45, 7) is 0.162. The van der Waals surface area contributed by atoms with Crippen LogP contribution in [0.5, 0.6) is 0 Å². The first-order valence-corrected chi connectivity index (χ1v) is 6.31. The lowest BCUT2D eigenvalue weighted by Gasteiger charge is -2.12. The summed E-state index contributed by atoms with van der Waals surface area (Å²) in [5, 5.41) is 13.1. The Balaban J connectivity index is 1.94. The minimum absolute atomic E-state index is 0.162. The lowest BCUT2D eigenvalue weighted by molar-refractivity contribution is 0.0916. The quantitative estimate of drug-likeness (QED) is 0.901. The number of hydrogen-bond donors (Lipinski definition) is 2. The van der Waals surface area contributed by atoms with Crippen LogP contribution < -0.4 is 5.32 Å². The number of carbonyl (C=O) groups excluding carboxylic acids is 1. The normalized spacial score (nSPS) is 11.9. The van der Waals surface area contributed by atoms with Crippen molar-refractivity contribution in [3.05, 3.63) is 70.7 Å². The summed E-state index contributed by atoms with van der Waals surface area (Å²) in [6.07, 6.45) is -0.718. The third kappa shape index (κ3) is 3.81. The molecule has 1 atom stereocenters. The number of aliphatic hydroxyl groups is 1. The summed E-state index contributed by atoms with van der Waals surface area (Å²) in [5.74, 6) is -0.252. The van der Waals surface area contributed by atoms with Gasteiger partial charge in [0.2, 0.25) is 0 Å². The standard InChI is InChI=1S/C15H14ClNO2/c16-13-8-4-7-12(9-13)15(19)17-10-14(18)11-5-2-1-3-6-11/h1-9,14,18H,10H2,(H,17,19)/t14-/m1/s1. The molecule has 1 amide bonds. The summed E-state index contributed by atoms with van der Waals surface area (Å²) < 4.78 is 0. The molecule has 2 aromatic rings. The van der Waals surface area contributed by atoms with Crippen molar-refractivity contribution in [2.75, 3.05) is 6.54 Å². The average molecular weight is 276 g/mol. The molecule has 0 aromatic heterocycles. The fourth-order valence-corrected chi connectivity index (χ4v) is 1.90. The second-order valence-corrected chi connectivity index (χ2v) is 4.58. The van der Waals surface area contributed by atoms with Crippen molar-refractivity contribution in [2.45, 2.75) is 6.10 Å². The maximum Gasteiger partial charge on any atom is 0.251 e. The highest BCUT2D eigenvalue weighted by atomic mass is 35.5. The average Bonchev–Trinajstić information content (AvgIpc) is 2.45. The first-order valence-electron chi connectivity index (χ1n) is 5.93. The first kappa shape index (κ1) is 13.6. The largest absolute Gasteiger partial charge is 0.387 e. The Morgan fingerprint density at radius 3 is 2.58 bits per heavy atom. The highest BCUT2D eigenvalue weighted by Crippen LogP contribution is 2.12. The SMILES string of the molecule is O=C(NC[C@@H](O)c1ccccc1)c1cccc(Cl)c1. The molecule has 0 radical (unpaired) electrons. The van der Waals surface area contributed by atoms with Gasteiger partial charge >= 0.3 is 0 Å². The number of hydrogen-bond acceptors (Lipinski definition) is 2. The molecule has 4 heteroatoms. The van der Waals surface area contributed by atoms with Crippen LogP contribution in [0.4, 0.5) is 0 Å². The Morgan fingerprint density at radius 2 is 1.89 bits per heavy atom. The number of rotatable bonds is 4. The van der Waals surface area contributed by atoms with Gasteiger partial charge in [0.05, 0.1) is 6.10 Å². The number of halogens is 1. The van der Waals surface area contributed by atoms with Crippen molar-refractivity contribution >= 4 is 17.5 Å². The molecule has 0 spiro atoms. The molecule has 0 saturated heterocycles. The molecule has 0 bridgehead atoms. The smallest absolute Gasteiger partial charge is 0.251 e. The van der Waals surface area contributed by atoms with Crippen LogP contribution in [0.25, 0.3) is 0 Å². The van der Waals surface area contributed by atoms with E-state index in [0.29, 0.717) is 10.6 Å². The van der Waals surface area contributed by atoms with E-state index in [9.17, 15) is 9.90 Å². The van der Waals surface area contributed by atoms with E-state index in [2.05, 4.69) is 5.32 Å². The van der Waals surface area contributed by atoms with E-state index in [1.807, 2.05) is 30.3 Å². The lowest BCUT2D eigenvalue weighted by atomic mass is 10.1. The van der Waals surface area contributed by atoms with Gasteiger partial charge in [0.25, 0.3) is 5.91 Å². The number of carbonyl (C=O) groups is 1. The second-order valence-electron chi connectivity index (χ2n) is 4.15. The molecule has 98 valence electrons. The molecule has 0 aliphatic heterocycles. The number of benzene rings is 2. The van der Waals surface area contributed by atoms with Gasteiger partial charge in [-0.2, -0.15) is 0 Å². The summed E-state index contributed by atoms with van der Waals surface area (Å²) >= 11 is 5.82. The highest BCUT2D eigenvalue weighted by molar-refractivity contribution is 6.30. The Bertz CT molecular complexity index is 557. The van der Waals surface area contributed by atoms with Gasteiger partial charge in [-0.15, -0.1) is 0 Å². The van der Waals surface area contributed by atoms with Crippen LogP contribution in [0.1, 0.15) is 22.0 Å². The molecule has 19 heavy (non-hydrogen) atoms. The molecular weight excluding hydrogens is 262 g/mol. The topological polar surface area (TPSA) is 49.3 Å². The van der Waals surface area contributed by atoms with Gasteiger partial charge in [0, 0.05) is 17.1 Å². The Kier molecular flexibility index (Phi) is 4.55. The highest BCUT2D eigenvalue weighted by Gasteiger charge is 2.10. The zero-order valence-electron chi connectivity index (χ0n) is 10.2. The van der Waals surface area contributed by atoms with Crippen LogP contribution in [0.2, 0.25) is 5.02 Å². The molecule has 0 heterocycles. The van der Waals surface area contributed by atoms with Gasteiger partial charge in [-0.3, -0.25) is 4.79 Å². The van der Waals surface area contributed by atoms with Gasteiger partial charge in [-0.1, -0.05) is 48.0 Å². The van der Waals surface area contributed by atoms with E-state index < -0.39 is 6.10 Å². The van der Waals surface area contributed by atoms with E-state index in [4.69, 9.17) is 11.6 Å². The molecule has 0 saturated carbocycles. The summed E-state index contributed by atoms with van der Waals surface area (Å²) in [7, 11) is 0. The second kappa shape index (κ2) is 6.36. The number of amides is 1. The molecule has 3 nitrogen and oxygen atoms in total. The van der Waals surface area contributed by atoms with Gasteiger partial charge in [-0.05, 0) is 23.8 Å². The van der Waals surface area contributed by atoms with E-state index in [1.165, 1.54) is 0 Å². The van der Waals surface area contributed by atoms with Crippen molar-refractivity contribution in [1.29, 1.82) is 0 Å². The maximum absolute atomic E-state index is 11.9. The summed E-state index contributed by atoms with van der Waals surface area (Å²) in [6, 6.07) is 15.9. The van der Waals surface area contributed by atoms with Crippen LogP contribution >= 0.6 is 11.6 Å². The van der Waals surface area contributed by atoms with Crippen molar-refractivity contribution < 1.29 is 9.90 Å². The number of aliphatic hydroxyl groups excluding tert-OH is 1. The fraction of sp³-hybridized carbons (Fsp3) is 0.133. The predicted octanol–water partition coefficient (Wildman–Crippen LogP) is 2.80. The Morgan fingerprint density at radius 1 is 1.16 bits per heavy atom. The van der Waals surface area contributed by atoms with Crippen LogP contribution in [-0.4, -0.2) is 17.6 Å². The van der Waals surface area contributed by atoms with Crippen LogP contribution in [0.3, 0.4) is 0 Å². The third-order valence-electron chi connectivity index (χ3n) is 2.73. The number of nitrogens with one attached hydrogen (secondary N) is 1. The van der Waals surface area contributed by atoms with Crippen molar-refractivity contribution in [3.63, 3.8) is 0 Å².